The van der Waals surface area contributed by atoms with E-state index in [9.17, 15) is 23.3 Å². The number of para-hydroxylation sites is 1. The SMILES string of the molecule is CN(c1ccccc1)S(=O)(=O)c1ccc(NCC(=O)c2ccc([N+](=O)[O-])cc2)cc1. The number of nitro groups is 1. The molecule has 0 radical (unpaired) electrons. The maximum absolute atomic E-state index is 12.8. The van der Waals surface area contributed by atoms with Crippen molar-refractivity contribution < 1.29 is 18.1 Å². The summed E-state index contributed by atoms with van der Waals surface area (Å²) < 4.78 is 26.7. The van der Waals surface area contributed by atoms with E-state index in [2.05, 4.69) is 5.32 Å². The van der Waals surface area contributed by atoms with Crippen LogP contribution < -0.4 is 9.62 Å². The number of carbonyl (C=O) groups is 1. The van der Waals surface area contributed by atoms with Crippen molar-refractivity contribution in [3.05, 3.63) is 94.5 Å². The van der Waals surface area contributed by atoms with Crippen molar-refractivity contribution in [2.24, 2.45) is 0 Å². The summed E-state index contributed by atoms with van der Waals surface area (Å²) in [4.78, 5) is 22.5. The van der Waals surface area contributed by atoms with E-state index in [4.69, 9.17) is 0 Å². The lowest BCUT2D eigenvalue weighted by Crippen LogP contribution is -2.26. The van der Waals surface area contributed by atoms with Crippen LogP contribution in [0, 0.1) is 10.1 Å². The number of non-ortho nitro benzene ring substituents is 1. The second-order valence-corrected chi connectivity index (χ2v) is 8.38. The highest BCUT2D eigenvalue weighted by atomic mass is 32.2. The molecule has 3 rings (SSSR count). The number of anilines is 2. The first-order chi connectivity index (χ1) is 14.3. The lowest BCUT2D eigenvalue weighted by Gasteiger charge is -2.19. The average molecular weight is 425 g/mol. The molecule has 3 aromatic rings. The molecule has 1 N–H and O–H groups in total. The largest absolute Gasteiger partial charge is 0.378 e. The Balaban J connectivity index is 1.65. The second-order valence-electron chi connectivity index (χ2n) is 6.41. The van der Waals surface area contributed by atoms with E-state index in [1.807, 2.05) is 6.07 Å². The molecule has 0 aromatic heterocycles. The number of nitrogens with one attached hydrogen (secondary N) is 1. The number of nitro benzene ring substituents is 1. The van der Waals surface area contributed by atoms with Crippen LogP contribution in [0.3, 0.4) is 0 Å². The summed E-state index contributed by atoms with van der Waals surface area (Å²) in [6.07, 6.45) is 0. The highest BCUT2D eigenvalue weighted by Gasteiger charge is 2.21. The Morgan fingerprint density at radius 3 is 2.13 bits per heavy atom. The van der Waals surface area contributed by atoms with Crippen molar-refractivity contribution in [2.45, 2.75) is 4.90 Å². The summed E-state index contributed by atoms with van der Waals surface area (Å²) in [5.74, 6) is -0.245. The zero-order valence-electron chi connectivity index (χ0n) is 16.1. The third-order valence-corrected chi connectivity index (χ3v) is 6.29. The molecule has 3 aromatic carbocycles. The molecule has 9 heteroatoms. The van der Waals surface area contributed by atoms with E-state index in [-0.39, 0.29) is 22.9 Å². The van der Waals surface area contributed by atoms with E-state index in [1.165, 1.54) is 47.8 Å². The molecule has 0 saturated carbocycles. The first-order valence-electron chi connectivity index (χ1n) is 8.94. The average Bonchev–Trinajstić information content (AvgIpc) is 2.77. The van der Waals surface area contributed by atoms with Gasteiger partial charge in [0, 0.05) is 30.4 Å². The topological polar surface area (TPSA) is 110 Å². The highest BCUT2D eigenvalue weighted by Crippen LogP contribution is 2.23. The Hall–Kier alpha value is -3.72. The van der Waals surface area contributed by atoms with Crippen LogP contribution in [0.1, 0.15) is 10.4 Å². The van der Waals surface area contributed by atoms with Crippen molar-refractivity contribution >= 4 is 32.9 Å². The molecule has 0 fully saturated rings. The Bertz CT molecular complexity index is 1150. The number of ketones is 1. The van der Waals surface area contributed by atoms with Crippen LogP contribution in [0.2, 0.25) is 0 Å². The summed E-state index contributed by atoms with van der Waals surface area (Å²) in [5.41, 5.74) is 1.38. The first kappa shape index (κ1) is 21.0. The smallest absolute Gasteiger partial charge is 0.269 e. The van der Waals surface area contributed by atoms with Crippen molar-refractivity contribution in [3.8, 4) is 0 Å². The second kappa shape index (κ2) is 8.75. The van der Waals surface area contributed by atoms with Gasteiger partial charge in [0.25, 0.3) is 15.7 Å². The van der Waals surface area contributed by atoms with E-state index < -0.39 is 14.9 Å². The number of hydrogen-bond donors (Lipinski definition) is 1. The van der Waals surface area contributed by atoms with E-state index in [1.54, 1.807) is 36.4 Å². The molecule has 0 saturated heterocycles. The minimum Gasteiger partial charge on any atom is -0.378 e. The van der Waals surface area contributed by atoms with Gasteiger partial charge in [0.1, 0.15) is 0 Å². The Morgan fingerprint density at radius 1 is 0.967 bits per heavy atom. The third-order valence-electron chi connectivity index (χ3n) is 4.49. The van der Waals surface area contributed by atoms with Crippen molar-refractivity contribution in [3.63, 3.8) is 0 Å². The minimum absolute atomic E-state index is 0.0339. The molecule has 0 atom stereocenters. The number of Topliss-reactive ketones (excluding diaryl/α,β-unsaturated/α-hetero) is 1. The summed E-state index contributed by atoms with van der Waals surface area (Å²) in [6, 6.07) is 20.2. The van der Waals surface area contributed by atoms with E-state index in [0.717, 1.165) is 0 Å². The Labute approximate surface area is 174 Å². The van der Waals surface area contributed by atoms with Gasteiger partial charge in [-0.15, -0.1) is 0 Å². The molecule has 0 spiro atoms. The predicted molar refractivity (Wildman–Crippen MR) is 114 cm³/mol. The molecule has 0 aliphatic carbocycles. The third kappa shape index (κ3) is 4.64. The maximum Gasteiger partial charge on any atom is 0.269 e. The zero-order valence-corrected chi connectivity index (χ0v) is 16.9. The predicted octanol–water partition coefficient (Wildman–Crippen LogP) is 3.71. The van der Waals surface area contributed by atoms with Crippen LogP contribution in [0.4, 0.5) is 17.1 Å². The van der Waals surface area contributed by atoms with Gasteiger partial charge in [-0.2, -0.15) is 0 Å². The quantitative estimate of drug-likeness (QED) is 0.335. The van der Waals surface area contributed by atoms with E-state index in [0.29, 0.717) is 16.9 Å². The normalized spacial score (nSPS) is 11.0. The highest BCUT2D eigenvalue weighted by molar-refractivity contribution is 7.92. The minimum atomic E-state index is -3.71. The first-order valence-corrected chi connectivity index (χ1v) is 10.4. The molecule has 154 valence electrons. The molecule has 0 aliphatic rings. The van der Waals surface area contributed by atoms with Crippen LogP contribution >= 0.6 is 0 Å². The number of sulfonamides is 1. The molecule has 0 amide bonds. The van der Waals surface area contributed by atoms with Crippen molar-refractivity contribution in [1.82, 2.24) is 0 Å². The molecule has 0 heterocycles. The summed E-state index contributed by atoms with van der Waals surface area (Å²) in [7, 11) is -2.22. The molecule has 30 heavy (non-hydrogen) atoms. The van der Waals surface area contributed by atoms with Gasteiger partial charge in [-0.3, -0.25) is 19.2 Å². The van der Waals surface area contributed by atoms with Crippen LogP contribution in [-0.2, 0) is 10.0 Å². The summed E-state index contributed by atoms with van der Waals surface area (Å²) in [5, 5.41) is 13.6. The lowest BCUT2D eigenvalue weighted by molar-refractivity contribution is -0.384. The molecule has 0 unspecified atom stereocenters. The fourth-order valence-corrected chi connectivity index (χ4v) is 3.93. The number of nitrogens with zero attached hydrogens (tertiary/aromatic N) is 2. The fraction of sp³-hybridized carbons (Fsp3) is 0.0952. The van der Waals surface area contributed by atoms with Gasteiger partial charge >= 0.3 is 0 Å². The number of carbonyl (C=O) groups excluding carboxylic acids is 1. The number of rotatable bonds is 8. The van der Waals surface area contributed by atoms with Crippen molar-refractivity contribution in [1.29, 1.82) is 0 Å². The van der Waals surface area contributed by atoms with Crippen LogP contribution in [0.5, 0.6) is 0 Å². The number of hydrogen-bond acceptors (Lipinski definition) is 6. The maximum atomic E-state index is 12.8. The van der Waals surface area contributed by atoms with Gasteiger partial charge in [0.2, 0.25) is 0 Å². The summed E-state index contributed by atoms with van der Waals surface area (Å²) >= 11 is 0. The molecule has 0 bridgehead atoms. The monoisotopic (exact) mass is 425 g/mol. The van der Waals surface area contributed by atoms with E-state index >= 15 is 0 Å². The van der Waals surface area contributed by atoms with Gasteiger partial charge in [-0.25, -0.2) is 8.42 Å². The van der Waals surface area contributed by atoms with Gasteiger partial charge in [-0.1, -0.05) is 18.2 Å². The lowest BCUT2D eigenvalue weighted by atomic mass is 10.1. The van der Waals surface area contributed by atoms with Crippen LogP contribution in [0.15, 0.2) is 83.8 Å². The number of benzene rings is 3. The molecule has 0 aliphatic heterocycles. The molecule has 8 nitrogen and oxygen atoms in total. The van der Waals surface area contributed by atoms with Crippen molar-refractivity contribution in [2.75, 3.05) is 23.2 Å². The molecular weight excluding hydrogens is 406 g/mol. The molecular formula is C21H19N3O5S. The van der Waals surface area contributed by atoms with Crippen LogP contribution in [-0.4, -0.2) is 32.7 Å². The van der Waals surface area contributed by atoms with Gasteiger partial charge < -0.3 is 5.32 Å². The van der Waals surface area contributed by atoms with Gasteiger partial charge in [0.15, 0.2) is 5.78 Å². The Morgan fingerprint density at radius 2 is 1.57 bits per heavy atom. The van der Waals surface area contributed by atoms with Crippen LogP contribution in [0.25, 0.3) is 0 Å². The van der Waals surface area contributed by atoms with Gasteiger partial charge in [-0.05, 0) is 48.5 Å². The fourth-order valence-electron chi connectivity index (χ4n) is 2.73. The Kier molecular flexibility index (Phi) is 6.12. The zero-order chi connectivity index (χ0) is 21.7. The van der Waals surface area contributed by atoms with Gasteiger partial charge in [0.05, 0.1) is 22.1 Å². The standard InChI is InChI=1S/C21H19N3O5S/c1-23(18-5-3-2-4-6-18)30(28,29)20-13-9-17(10-14-20)22-15-21(25)16-7-11-19(12-8-16)24(26)27/h2-14,22H,15H2,1H3. The summed E-state index contributed by atoms with van der Waals surface area (Å²) in [6.45, 7) is -0.0339.